The normalized spacial score (nSPS) is 19.3. The van der Waals surface area contributed by atoms with E-state index in [0.29, 0.717) is 13.0 Å². The van der Waals surface area contributed by atoms with E-state index in [4.69, 9.17) is 0 Å². The first-order chi connectivity index (χ1) is 8.58. The van der Waals surface area contributed by atoms with Crippen LogP contribution >= 0.6 is 0 Å². The van der Waals surface area contributed by atoms with Gasteiger partial charge in [0.05, 0.1) is 20.3 Å². The van der Waals surface area contributed by atoms with Crippen molar-refractivity contribution in [1.29, 1.82) is 0 Å². The van der Waals surface area contributed by atoms with E-state index in [2.05, 4.69) is 14.8 Å². The molecule has 1 N–H and O–H groups in total. The van der Waals surface area contributed by atoms with Gasteiger partial charge < -0.3 is 9.47 Å². The highest BCUT2D eigenvalue weighted by atomic mass is 16.5. The van der Waals surface area contributed by atoms with Crippen molar-refractivity contribution in [2.45, 2.75) is 25.8 Å². The van der Waals surface area contributed by atoms with Crippen molar-refractivity contribution in [2.24, 2.45) is 0 Å². The van der Waals surface area contributed by atoms with Gasteiger partial charge in [0.15, 0.2) is 0 Å². The summed E-state index contributed by atoms with van der Waals surface area (Å²) in [5, 5.41) is 2.09. The molecule has 0 aromatic carbocycles. The van der Waals surface area contributed by atoms with E-state index in [1.807, 2.05) is 0 Å². The van der Waals surface area contributed by atoms with Gasteiger partial charge in [-0.1, -0.05) is 0 Å². The number of amides is 2. The molecule has 1 saturated heterocycles. The van der Waals surface area contributed by atoms with E-state index < -0.39 is 18.0 Å². The molecule has 7 heteroatoms. The van der Waals surface area contributed by atoms with Crippen LogP contribution in [0.15, 0.2) is 0 Å². The molecule has 102 valence electrons. The Morgan fingerprint density at radius 2 is 2.11 bits per heavy atom. The van der Waals surface area contributed by atoms with Gasteiger partial charge in [-0.15, -0.1) is 0 Å². The lowest BCUT2D eigenvalue weighted by atomic mass is 10.2. The SMILES string of the molecule is CCOC(=O)NC(=O)CN1CCCC1C(=O)OC. The molecule has 0 aromatic rings. The monoisotopic (exact) mass is 258 g/mol. The van der Waals surface area contributed by atoms with Crippen molar-refractivity contribution in [1.82, 2.24) is 10.2 Å². The molecule has 1 aliphatic rings. The Kier molecular flexibility index (Phi) is 5.57. The van der Waals surface area contributed by atoms with Crippen LogP contribution in [0.5, 0.6) is 0 Å². The highest BCUT2D eigenvalue weighted by Gasteiger charge is 2.32. The number of nitrogens with one attached hydrogen (secondary N) is 1. The van der Waals surface area contributed by atoms with E-state index in [9.17, 15) is 14.4 Å². The summed E-state index contributed by atoms with van der Waals surface area (Å²) in [6, 6.07) is -0.400. The molecule has 0 spiro atoms. The van der Waals surface area contributed by atoms with Crippen molar-refractivity contribution >= 4 is 18.0 Å². The van der Waals surface area contributed by atoms with Crippen LogP contribution in [0, 0.1) is 0 Å². The second kappa shape index (κ2) is 6.95. The zero-order chi connectivity index (χ0) is 13.5. The third-order valence-corrected chi connectivity index (χ3v) is 2.70. The third kappa shape index (κ3) is 3.99. The van der Waals surface area contributed by atoms with Gasteiger partial charge in [-0.05, 0) is 26.3 Å². The smallest absolute Gasteiger partial charge is 0.413 e. The maximum Gasteiger partial charge on any atom is 0.413 e. The molecule has 18 heavy (non-hydrogen) atoms. The molecule has 1 heterocycles. The zero-order valence-corrected chi connectivity index (χ0v) is 10.6. The summed E-state index contributed by atoms with van der Waals surface area (Å²) < 4.78 is 9.25. The van der Waals surface area contributed by atoms with Crippen LogP contribution < -0.4 is 5.32 Å². The van der Waals surface area contributed by atoms with Gasteiger partial charge >= 0.3 is 12.1 Å². The van der Waals surface area contributed by atoms with Crippen molar-refractivity contribution in [3.63, 3.8) is 0 Å². The average molecular weight is 258 g/mol. The van der Waals surface area contributed by atoms with E-state index in [0.717, 1.165) is 6.42 Å². The molecule has 2 amide bonds. The number of hydrogen-bond acceptors (Lipinski definition) is 6. The molecule has 1 fully saturated rings. The molecule has 1 atom stereocenters. The minimum atomic E-state index is -0.767. The lowest BCUT2D eigenvalue weighted by Gasteiger charge is -2.21. The molecule has 1 unspecified atom stereocenters. The number of carbonyl (C=O) groups excluding carboxylic acids is 3. The molecule has 0 aromatic heterocycles. The first-order valence-electron chi connectivity index (χ1n) is 5.87. The second-order valence-electron chi connectivity index (χ2n) is 3.92. The summed E-state index contributed by atoms with van der Waals surface area (Å²) in [5.74, 6) is -0.833. The summed E-state index contributed by atoms with van der Waals surface area (Å²) >= 11 is 0. The number of methoxy groups -OCH3 is 1. The Morgan fingerprint density at radius 3 is 2.72 bits per heavy atom. The highest BCUT2D eigenvalue weighted by Crippen LogP contribution is 2.17. The molecular weight excluding hydrogens is 240 g/mol. The Balaban J connectivity index is 2.43. The maximum absolute atomic E-state index is 11.5. The number of imide groups is 1. The Bertz CT molecular complexity index is 331. The number of carbonyl (C=O) groups is 3. The number of likely N-dealkylation sites (tertiary alicyclic amines) is 1. The first kappa shape index (κ1) is 14.4. The third-order valence-electron chi connectivity index (χ3n) is 2.70. The average Bonchev–Trinajstić information content (AvgIpc) is 2.76. The van der Waals surface area contributed by atoms with Crippen LogP contribution in [-0.4, -0.2) is 55.7 Å². The maximum atomic E-state index is 11.5. The number of ether oxygens (including phenoxy) is 2. The van der Waals surface area contributed by atoms with Crippen LogP contribution in [-0.2, 0) is 19.1 Å². The van der Waals surface area contributed by atoms with E-state index in [1.165, 1.54) is 7.11 Å². The summed E-state index contributed by atoms with van der Waals surface area (Å²) in [5.41, 5.74) is 0. The second-order valence-corrected chi connectivity index (χ2v) is 3.92. The van der Waals surface area contributed by atoms with Crippen molar-refractivity contribution in [3.8, 4) is 0 Å². The Morgan fingerprint density at radius 1 is 1.39 bits per heavy atom. The summed E-state index contributed by atoms with van der Waals surface area (Å²) in [4.78, 5) is 35.7. The minimum absolute atomic E-state index is 0.0153. The van der Waals surface area contributed by atoms with Gasteiger partial charge in [0.25, 0.3) is 0 Å². The van der Waals surface area contributed by atoms with Gasteiger partial charge in [-0.3, -0.25) is 19.8 Å². The van der Waals surface area contributed by atoms with Gasteiger partial charge in [0.2, 0.25) is 5.91 Å². The van der Waals surface area contributed by atoms with Gasteiger partial charge in [-0.25, -0.2) is 4.79 Å². The Labute approximate surface area is 105 Å². The Hall–Kier alpha value is -1.63. The summed E-state index contributed by atoms with van der Waals surface area (Å²) in [6.07, 6.45) is 0.725. The van der Waals surface area contributed by atoms with Crippen molar-refractivity contribution in [3.05, 3.63) is 0 Å². The van der Waals surface area contributed by atoms with Gasteiger partial charge in [-0.2, -0.15) is 0 Å². The van der Waals surface area contributed by atoms with E-state index in [-0.39, 0.29) is 19.1 Å². The fourth-order valence-corrected chi connectivity index (χ4v) is 1.92. The number of esters is 1. The van der Waals surface area contributed by atoms with Gasteiger partial charge in [0.1, 0.15) is 6.04 Å². The molecule has 1 aliphatic heterocycles. The van der Waals surface area contributed by atoms with Crippen molar-refractivity contribution in [2.75, 3.05) is 26.8 Å². The van der Waals surface area contributed by atoms with E-state index in [1.54, 1.807) is 11.8 Å². The molecule has 7 nitrogen and oxygen atoms in total. The molecule has 0 radical (unpaired) electrons. The standard InChI is InChI=1S/C11H18N2O5/c1-3-18-11(16)12-9(14)7-13-6-4-5-8(13)10(15)17-2/h8H,3-7H2,1-2H3,(H,12,14,16). The van der Waals surface area contributed by atoms with Crippen LogP contribution in [0.25, 0.3) is 0 Å². The molecule has 0 bridgehead atoms. The van der Waals surface area contributed by atoms with E-state index >= 15 is 0 Å². The minimum Gasteiger partial charge on any atom is -0.468 e. The topological polar surface area (TPSA) is 84.9 Å². The fraction of sp³-hybridized carbons (Fsp3) is 0.727. The number of rotatable bonds is 4. The quantitative estimate of drug-likeness (QED) is 0.709. The predicted molar refractivity (Wildman–Crippen MR) is 61.8 cm³/mol. The zero-order valence-electron chi connectivity index (χ0n) is 10.6. The lowest BCUT2D eigenvalue weighted by Crippen LogP contribution is -2.44. The van der Waals surface area contributed by atoms with Crippen LogP contribution in [0.2, 0.25) is 0 Å². The molecule has 0 saturated carbocycles. The summed E-state index contributed by atoms with van der Waals surface area (Å²) in [7, 11) is 1.32. The molecular formula is C11H18N2O5. The van der Waals surface area contributed by atoms with Gasteiger partial charge in [0, 0.05) is 0 Å². The van der Waals surface area contributed by atoms with Crippen LogP contribution in [0.1, 0.15) is 19.8 Å². The number of alkyl carbamates (subject to hydrolysis) is 1. The van der Waals surface area contributed by atoms with Crippen molar-refractivity contribution < 1.29 is 23.9 Å². The number of nitrogens with zero attached hydrogens (tertiary/aromatic N) is 1. The lowest BCUT2D eigenvalue weighted by molar-refractivity contribution is -0.146. The largest absolute Gasteiger partial charge is 0.468 e. The predicted octanol–water partition coefficient (Wildman–Crippen LogP) is -0.103. The summed E-state index contributed by atoms with van der Waals surface area (Å²) in [6.45, 7) is 2.47. The first-order valence-corrected chi connectivity index (χ1v) is 5.87. The fourth-order valence-electron chi connectivity index (χ4n) is 1.92. The highest BCUT2D eigenvalue weighted by molar-refractivity contribution is 5.93. The van der Waals surface area contributed by atoms with Crippen LogP contribution in [0.3, 0.4) is 0 Å². The molecule has 0 aliphatic carbocycles. The van der Waals surface area contributed by atoms with Crippen LogP contribution in [0.4, 0.5) is 4.79 Å². The number of hydrogen-bond donors (Lipinski definition) is 1. The molecule has 1 rings (SSSR count).